The SMILES string of the molecule is Cc1c(N2CCC3(CC2)Oc2ccccc2C3=NS(=O)C(C)(C)C)nc(C)n(-c2cccc(Cl)c2Cl)c1=O. The number of hydrogen-bond acceptors (Lipinski definition) is 5. The van der Waals surface area contributed by atoms with E-state index in [1.54, 1.807) is 32.0 Å². The van der Waals surface area contributed by atoms with Gasteiger partial charge in [0.1, 0.15) is 34.1 Å². The second kappa shape index (κ2) is 9.81. The number of rotatable bonds is 3. The second-order valence-corrected chi connectivity index (χ2v) is 13.4. The normalized spacial score (nSPS) is 18.5. The molecule has 1 fully saturated rings. The van der Waals surface area contributed by atoms with Crippen molar-refractivity contribution in [2.24, 2.45) is 4.40 Å². The topological polar surface area (TPSA) is 76.8 Å². The Kier molecular flexibility index (Phi) is 6.95. The highest BCUT2D eigenvalue weighted by Gasteiger charge is 2.48. The molecule has 1 aromatic heterocycles. The molecule has 0 N–H and O–H groups in total. The molecule has 7 nitrogen and oxygen atoms in total. The Morgan fingerprint density at radius 1 is 1.05 bits per heavy atom. The van der Waals surface area contributed by atoms with E-state index in [2.05, 4.69) is 4.90 Å². The van der Waals surface area contributed by atoms with Gasteiger partial charge in [-0.3, -0.25) is 9.36 Å². The second-order valence-electron chi connectivity index (χ2n) is 10.7. The smallest absolute Gasteiger partial charge is 0.263 e. The van der Waals surface area contributed by atoms with E-state index in [9.17, 15) is 9.00 Å². The number of piperidine rings is 1. The van der Waals surface area contributed by atoms with Gasteiger partial charge in [0.05, 0.1) is 26.0 Å². The van der Waals surface area contributed by atoms with E-state index < -0.39 is 21.3 Å². The van der Waals surface area contributed by atoms with E-state index in [1.165, 1.54) is 4.57 Å². The van der Waals surface area contributed by atoms with Crippen LogP contribution in [0.3, 0.4) is 0 Å². The van der Waals surface area contributed by atoms with Gasteiger partial charge in [-0.15, -0.1) is 0 Å². The van der Waals surface area contributed by atoms with Crippen LogP contribution in [0.2, 0.25) is 10.0 Å². The van der Waals surface area contributed by atoms with Crippen molar-refractivity contribution in [3.05, 3.63) is 79.8 Å². The molecule has 38 heavy (non-hydrogen) atoms. The first-order valence-corrected chi connectivity index (χ1v) is 14.4. The highest BCUT2D eigenvalue weighted by Crippen LogP contribution is 2.43. The Hall–Kier alpha value is -2.68. The summed E-state index contributed by atoms with van der Waals surface area (Å²) in [7, 11) is -1.42. The van der Waals surface area contributed by atoms with Crippen LogP contribution >= 0.6 is 23.2 Å². The summed E-state index contributed by atoms with van der Waals surface area (Å²) in [6.07, 6.45) is 1.23. The molecule has 1 saturated heterocycles. The van der Waals surface area contributed by atoms with Crippen molar-refractivity contribution in [3.63, 3.8) is 0 Å². The highest BCUT2D eigenvalue weighted by atomic mass is 35.5. The Morgan fingerprint density at radius 3 is 2.42 bits per heavy atom. The molecule has 0 saturated carbocycles. The fourth-order valence-corrected chi connectivity index (χ4v) is 6.06. The fraction of sp³-hybridized carbons (Fsp3) is 0.393. The van der Waals surface area contributed by atoms with Gasteiger partial charge in [-0.25, -0.2) is 9.19 Å². The van der Waals surface area contributed by atoms with Crippen LogP contribution < -0.4 is 15.2 Å². The third kappa shape index (κ3) is 4.56. The minimum atomic E-state index is -1.42. The van der Waals surface area contributed by atoms with E-state index in [1.807, 2.05) is 45.0 Å². The van der Waals surface area contributed by atoms with Gasteiger partial charge in [0.15, 0.2) is 5.60 Å². The van der Waals surface area contributed by atoms with Crippen LogP contribution in [-0.2, 0) is 11.0 Å². The fourth-order valence-electron chi connectivity index (χ4n) is 4.98. The summed E-state index contributed by atoms with van der Waals surface area (Å²) in [4.78, 5) is 20.4. The number of aryl methyl sites for hydroxylation is 1. The van der Waals surface area contributed by atoms with Gasteiger partial charge < -0.3 is 9.64 Å². The number of anilines is 1. The van der Waals surface area contributed by atoms with Crippen molar-refractivity contribution in [2.45, 2.75) is 57.8 Å². The van der Waals surface area contributed by atoms with Gasteiger partial charge in [0, 0.05) is 31.5 Å². The summed E-state index contributed by atoms with van der Waals surface area (Å²) < 4.78 is 25.3. The Bertz CT molecular complexity index is 1540. The Balaban J connectivity index is 1.47. The van der Waals surface area contributed by atoms with Gasteiger partial charge in [0.2, 0.25) is 0 Å². The number of nitrogens with zero attached hydrogens (tertiary/aromatic N) is 4. The molecule has 10 heteroatoms. The molecule has 1 unspecified atom stereocenters. The van der Waals surface area contributed by atoms with Crippen molar-refractivity contribution in [1.82, 2.24) is 9.55 Å². The summed E-state index contributed by atoms with van der Waals surface area (Å²) in [6.45, 7) is 10.5. The summed E-state index contributed by atoms with van der Waals surface area (Å²) in [6, 6.07) is 13.0. The first kappa shape index (κ1) is 26.9. The molecule has 200 valence electrons. The van der Waals surface area contributed by atoms with Crippen LogP contribution in [0.25, 0.3) is 5.69 Å². The molecule has 1 spiro atoms. The minimum absolute atomic E-state index is 0.190. The lowest BCUT2D eigenvalue weighted by atomic mass is 9.85. The zero-order valence-corrected chi connectivity index (χ0v) is 24.4. The van der Waals surface area contributed by atoms with Gasteiger partial charge in [-0.05, 0) is 58.9 Å². The van der Waals surface area contributed by atoms with Gasteiger partial charge >= 0.3 is 0 Å². The van der Waals surface area contributed by atoms with E-state index in [0.717, 1.165) is 17.0 Å². The van der Waals surface area contributed by atoms with Gasteiger partial charge in [0.25, 0.3) is 5.56 Å². The molecular weight excluding hydrogens is 543 g/mol. The largest absolute Gasteiger partial charge is 0.480 e. The lowest BCUT2D eigenvalue weighted by molar-refractivity contribution is 0.124. The average Bonchev–Trinajstić information content (AvgIpc) is 3.16. The van der Waals surface area contributed by atoms with Crippen LogP contribution in [0.1, 0.15) is 50.6 Å². The Labute approximate surface area is 235 Å². The molecule has 0 amide bonds. The van der Waals surface area contributed by atoms with Crippen LogP contribution in [0.15, 0.2) is 51.7 Å². The van der Waals surface area contributed by atoms with Crippen LogP contribution in [0, 0.1) is 13.8 Å². The standard InChI is InChI=1S/C28H30Cl2N4O3S/c1-17-25(31-18(2)34(26(17)35)21-11-8-10-20(29)23(21)30)33-15-13-28(14-16-33)24(32-38(36)27(3,4)5)19-9-6-7-12-22(19)37-28/h6-12H,13-16H2,1-5H3. The van der Waals surface area contributed by atoms with E-state index in [4.69, 9.17) is 37.3 Å². The zero-order chi connectivity index (χ0) is 27.4. The number of aromatic nitrogens is 2. The number of para-hydroxylation sites is 1. The maximum Gasteiger partial charge on any atom is 0.263 e. The molecule has 3 aromatic rings. The van der Waals surface area contributed by atoms with Gasteiger partial charge in [-0.1, -0.05) is 41.4 Å². The number of benzene rings is 2. The number of fused-ring (bicyclic) bond motifs is 1. The van der Waals surface area contributed by atoms with Crippen molar-refractivity contribution in [2.75, 3.05) is 18.0 Å². The molecule has 3 heterocycles. The molecule has 2 aliphatic heterocycles. The van der Waals surface area contributed by atoms with Crippen LogP contribution in [0.5, 0.6) is 5.75 Å². The number of ether oxygens (including phenoxy) is 1. The molecular formula is C28H30Cl2N4O3S. The monoisotopic (exact) mass is 572 g/mol. The van der Waals surface area contributed by atoms with Crippen molar-refractivity contribution in [1.29, 1.82) is 0 Å². The van der Waals surface area contributed by atoms with E-state index in [0.29, 0.717) is 58.9 Å². The molecule has 2 aromatic carbocycles. The predicted molar refractivity (Wildman–Crippen MR) is 155 cm³/mol. The summed E-state index contributed by atoms with van der Waals surface area (Å²) >= 11 is 12.6. The summed E-state index contributed by atoms with van der Waals surface area (Å²) in [5, 5.41) is 0.687. The van der Waals surface area contributed by atoms with Crippen molar-refractivity contribution < 1.29 is 8.95 Å². The van der Waals surface area contributed by atoms with Crippen molar-refractivity contribution in [3.8, 4) is 11.4 Å². The van der Waals surface area contributed by atoms with E-state index in [-0.39, 0.29) is 5.56 Å². The molecule has 5 rings (SSSR count). The number of halogens is 2. The lowest BCUT2D eigenvalue weighted by Crippen LogP contribution is -2.51. The third-order valence-corrected chi connectivity index (χ3v) is 9.28. The molecule has 0 bridgehead atoms. The molecule has 1 atom stereocenters. The predicted octanol–water partition coefficient (Wildman–Crippen LogP) is 5.84. The first-order chi connectivity index (χ1) is 17.9. The van der Waals surface area contributed by atoms with Crippen molar-refractivity contribution >= 4 is 45.7 Å². The van der Waals surface area contributed by atoms with Gasteiger partial charge in [-0.2, -0.15) is 4.40 Å². The van der Waals surface area contributed by atoms with E-state index >= 15 is 0 Å². The molecule has 0 aliphatic carbocycles. The molecule has 0 radical (unpaired) electrons. The summed E-state index contributed by atoms with van der Waals surface area (Å²) in [5.41, 5.74) is 1.81. The molecule has 2 aliphatic rings. The average molecular weight is 574 g/mol. The maximum atomic E-state index is 13.5. The Morgan fingerprint density at radius 2 is 1.74 bits per heavy atom. The summed E-state index contributed by atoms with van der Waals surface area (Å²) in [5.74, 6) is 1.92. The van der Waals surface area contributed by atoms with Crippen LogP contribution in [-0.4, -0.2) is 42.9 Å². The quantitative estimate of drug-likeness (QED) is 0.394. The lowest BCUT2D eigenvalue weighted by Gasteiger charge is -2.40. The number of hydrogen-bond donors (Lipinski definition) is 0. The highest BCUT2D eigenvalue weighted by molar-refractivity contribution is 7.85. The van der Waals surface area contributed by atoms with Crippen LogP contribution in [0.4, 0.5) is 5.82 Å². The first-order valence-electron chi connectivity index (χ1n) is 12.5. The zero-order valence-electron chi connectivity index (χ0n) is 22.0. The maximum absolute atomic E-state index is 13.5. The third-order valence-electron chi connectivity index (χ3n) is 7.07. The minimum Gasteiger partial charge on any atom is -0.480 e.